The fraction of sp³-hybridized carbons (Fsp3) is 0.200. The molecule has 0 N–H and O–H groups in total. The van der Waals surface area contributed by atoms with Crippen LogP contribution in [0.3, 0.4) is 0 Å². The molecule has 3 aromatic rings. The molecule has 0 saturated carbocycles. The van der Waals surface area contributed by atoms with Crippen LogP contribution in [-0.2, 0) is 5.88 Å². The number of pyridine rings is 1. The van der Waals surface area contributed by atoms with E-state index in [4.69, 9.17) is 16.3 Å². The molecule has 6 heteroatoms. The molecule has 1 aromatic carbocycles. The maximum atomic E-state index is 13.6. The average molecular weight is 306 g/mol. The zero-order valence-corrected chi connectivity index (χ0v) is 12.4. The highest BCUT2D eigenvalue weighted by Gasteiger charge is 2.14. The molecule has 0 aliphatic carbocycles. The van der Waals surface area contributed by atoms with Gasteiger partial charge in [0.1, 0.15) is 11.3 Å². The van der Waals surface area contributed by atoms with Crippen molar-refractivity contribution in [1.29, 1.82) is 0 Å². The van der Waals surface area contributed by atoms with Gasteiger partial charge in [-0.05, 0) is 30.7 Å². The second kappa shape index (κ2) is 5.33. The van der Waals surface area contributed by atoms with Crippen molar-refractivity contribution in [2.45, 2.75) is 12.8 Å². The van der Waals surface area contributed by atoms with Gasteiger partial charge in [-0.1, -0.05) is 0 Å². The van der Waals surface area contributed by atoms with Crippen LogP contribution in [0.1, 0.15) is 11.4 Å². The molecule has 0 bridgehead atoms. The summed E-state index contributed by atoms with van der Waals surface area (Å²) in [6.07, 6.45) is 1.76. The van der Waals surface area contributed by atoms with Crippen LogP contribution in [0.2, 0.25) is 0 Å². The van der Waals surface area contributed by atoms with Crippen molar-refractivity contribution in [2.75, 3.05) is 7.11 Å². The Morgan fingerprint density at radius 1 is 1.33 bits per heavy atom. The molecule has 4 nitrogen and oxygen atoms in total. The van der Waals surface area contributed by atoms with E-state index in [1.807, 2.05) is 17.6 Å². The third-order valence-electron chi connectivity index (χ3n) is 3.22. The van der Waals surface area contributed by atoms with Gasteiger partial charge >= 0.3 is 0 Å². The number of rotatable bonds is 3. The van der Waals surface area contributed by atoms with Crippen molar-refractivity contribution in [1.82, 2.24) is 14.5 Å². The number of aromatic nitrogens is 3. The number of halogens is 2. The lowest BCUT2D eigenvalue weighted by atomic mass is 10.2. The summed E-state index contributed by atoms with van der Waals surface area (Å²) in [6.45, 7) is 1.95. The zero-order valence-electron chi connectivity index (χ0n) is 11.6. The zero-order chi connectivity index (χ0) is 15.0. The number of hydrogen-bond donors (Lipinski definition) is 0. The van der Waals surface area contributed by atoms with Crippen molar-refractivity contribution < 1.29 is 9.13 Å². The Labute approximate surface area is 126 Å². The second-order valence-electron chi connectivity index (χ2n) is 4.67. The molecule has 0 spiro atoms. The van der Waals surface area contributed by atoms with Crippen LogP contribution in [0.4, 0.5) is 4.39 Å². The largest absolute Gasteiger partial charge is 0.494 e. The number of ether oxygens (including phenoxy) is 1. The highest BCUT2D eigenvalue weighted by Crippen LogP contribution is 2.26. The first-order chi connectivity index (χ1) is 10.1. The number of nitrogens with zero attached hydrogens (tertiary/aromatic N) is 3. The highest BCUT2D eigenvalue weighted by molar-refractivity contribution is 6.16. The number of hydrogen-bond acceptors (Lipinski definition) is 3. The van der Waals surface area contributed by atoms with E-state index >= 15 is 0 Å². The topological polar surface area (TPSA) is 39.9 Å². The molecule has 21 heavy (non-hydrogen) atoms. The predicted octanol–water partition coefficient (Wildman–Crippen LogP) is 3.62. The first-order valence-electron chi connectivity index (χ1n) is 6.38. The number of fused-ring (bicyclic) bond motifs is 1. The maximum Gasteiger partial charge on any atom is 0.165 e. The SMILES string of the molecule is COc1cc(-n2c(CCl)nc3cc(C)cnc32)ccc1F. The van der Waals surface area contributed by atoms with Crippen LogP contribution in [0, 0.1) is 12.7 Å². The Morgan fingerprint density at radius 2 is 2.14 bits per heavy atom. The van der Waals surface area contributed by atoms with Gasteiger partial charge in [0, 0.05) is 12.3 Å². The lowest BCUT2D eigenvalue weighted by Gasteiger charge is -2.09. The van der Waals surface area contributed by atoms with E-state index in [1.54, 1.807) is 18.3 Å². The first-order valence-corrected chi connectivity index (χ1v) is 6.91. The number of alkyl halides is 1. The fourth-order valence-corrected chi connectivity index (χ4v) is 2.44. The van der Waals surface area contributed by atoms with E-state index in [0.29, 0.717) is 17.2 Å². The van der Waals surface area contributed by atoms with Crippen LogP contribution < -0.4 is 4.74 Å². The number of imidazole rings is 1. The van der Waals surface area contributed by atoms with Gasteiger partial charge in [0.15, 0.2) is 17.2 Å². The number of methoxy groups -OCH3 is 1. The van der Waals surface area contributed by atoms with Crippen LogP contribution in [0.5, 0.6) is 5.75 Å². The third-order valence-corrected chi connectivity index (χ3v) is 3.45. The van der Waals surface area contributed by atoms with E-state index < -0.39 is 5.82 Å². The quantitative estimate of drug-likeness (QED) is 0.694. The van der Waals surface area contributed by atoms with Gasteiger partial charge in [-0.25, -0.2) is 14.4 Å². The molecule has 0 aliphatic heterocycles. The summed E-state index contributed by atoms with van der Waals surface area (Å²) in [7, 11) is 1.43. The number of benzene rings is 1. The molecule has 0 radical (unpaired) electrons. The highest BCUT2D eigenvalue weighted by atomic mass is 35.5. The van der Waals surface area contributed by atoms with Crippen LogP contribution in [0.25, 0.3) is 16.9 Å². The Hall–Kier alpha value is -2.14. The van der Waals surface area contributed by atoms with E-state index in [2.05, 4.69) is 9.97 Å². The minimum absolute atomic E-state index is 0.169. The molecular formula is C15H13ClFN3O. The molecule has 0 fully saturated rings. The van der Waals surface area contributed by atoms with Gasteiger partial charge in [-0.3, -0.25) is 4.57 Å². The molecule has 3 rings (SSSR count). The molecule has 2 heterocycles. The van der Waals surface area contributed by atoms with E-state index in [1.165, 1.54) is 13.2 Å². The van der Waals surface area contributed by atoms with Gasteiger partial charge in [-0.2, -0.15) is 0 Å². The summed E-state index contributed by atoms with van der Waals surface area (Å²) in [4.78, 5) is 8.89. The van der Waals surface area contributed by atoms with E-state index in [9.17, 15) is 4.39 Å². The molecule has 0 aliphatic rings. The van der Waals surface area contributed by atoms with Crippen LogP contribution >= 0.6 is 11.6 Å². The van der Waals surface area contributed by atoms with E-state index in [-0.39, 0.29) is 11.6 Å². The molecule has 0 atom stereocenters. The normalized spacial score (nSPS) is 11.0. The standard InChI is InChI=1S/C15H13ClFN3O/c1-9-5-12-15(18-8-9)20(14(7-16)19-12)10-3-4-11(17)13(6-10)21-2/h3-6,8H,7H2,1-2H3. The molecular weight excluding hydrogens is 293 g/mol. The summed E-state index contributed by atoms with van der Waals surface area (Å²) in [5.74, 6) is 0.636. The lowest BCUT2D eigenvalue weighted by Crippen LogP contribution is -2.01. The van der Waals surface area contributed by atoms with Gasteiger partial charge in [0.05, 0.1) is 18.7 Å². The van der Waals surface area contributed by atoms with Crippen molar-refractivity contribution in [2.24, 2.45) is 0 Å². The Balaban J connectivity index is 2.28. The second-order valence-corrected chi connectivity index (χ2v) is 4.94. The summed E-state index contributed by atoms with van der Waals surface area (Å²) >= 11 is 5.98. The lowest BCUT2D eigenvalue weighted by molar-refractivity contribution is 0.386. The minimum atomic E-state index is -0.415. The first kappa shape index (κ1) is 13.8. The van der Waals surface area contributed by atoms with Crippen molar-refractivity contribution in [3.05, 3.63) is 47.7 Å². The van der Waals surface area contributed by atoms with Crippen LogP contribution in [0.15, 0.2) is 30.5 Å². The van der Waals surface area contributed by atoms with Crippen LogP contribution in [-0.4, -0.2) is 21.6 Å². The third kappa shape index (κ3) is 2.34. The Morgan fingerprint density at radius 3 is 2.86 bits per heavy atom. The summed E-state index contributed by atoms with van der Waals surface area (Å²) in [5, 5.41) is 0. The fourth-order valence-electron chi connectivity index (χ4n) is 2.26. The van der Waals surface area contributed by atoms with E-state index in [0.717, 1.165) is 11.1 Å². The smallest absolute Gasteiger partial charge is 0.165 e. The van der Waals surface area contributed by atoms with Gasteiger partial charge in [0.25, 0.3) is 0 Å². The summed E-state index contributed by atoms with van der Waals surface area (Å²) in [5.41, 5.74) is 3.17. The van der Waals surface area contributed by atoms with Gasteiger partial charge in [0.2, 0.25) is 0 Å². The average Bonchev–Trinajstić information content (AvgIpc) is 2.85. The van der Waals surface area contributed by atoms with Crippen molar-refractivity contribution in [3.8, 4) is 11.4 Å². The molecule has 108 valence electrons. The molecule has 0 unspecified atom stereocenters. The monoisotopic (exact) mass is 305 g/mol. The molecule has 2 aromatic heterocycles. The van der Waals surface area contributed by atoms with Crippen molar-refractivity contribution >= 4 is 22.8 Å². The summed E-state index contributed by atoms with van der Waals surface area (Å²) < 4.78 is 20.4. The van der Waals surface area contributed by atoms with Crippen molar-refractivity contribution in [3.63, 3.8) is 0 Å². The number of aryl methyl sites for hydroxylation is 1. The predicted molar refractivity (Wildman–Crippen MR) is 79.7 cm³/mol. The van der Waals surface area contributed by atoms with Gasteiger partial charge in [-0.15, -0.1) is 11.6 Å². The maximum absolute atomic E-state index is 13.6. The Kier molecular flexibility index (Phi) is 3.51. The molecule has 0 amide bonds. The summed E-state index contributed by atoms with van der Waals surface area (Å²) in [6, 6.07) is 6.55. The minimum Gasteiger partial charge on any atom is -0.494 e. The Bertz CT molecular complexity index is 816. The molecule has 0 saturated heterocycles. The van der Waals surface area contributed by atoms with Gasteiger partial charge < -0.3 is 4.74 Å².